The number of oxime groups is 1. The SMILES string of the molecule is Fc1ccc(C[NH2+]C[C@H]2CC(c3ccc4c(c3)OCO4)=NO2)cc1. The number of rotatable bonds is 5. The van der Waals surface area contributed by atoms with E-state index in [0.29, 0.717) is 0 Å². The van der Waals surface area contributed by atoms with Crippen molar-refractivity contribution in [1.82, 2.24) is 0 Å². The summed E-state index contributed by atoms with van der Waals surface area (Å²) in [5.41, 5.74) is 3.01. The Morgan fingerprint density at radius 2 is 1.92 bits per heavy atom. The molecule has 0 saturated heterocycles. The maximum absolute atomic E-state index is 12.9. The zero-order chi connectivity index (χ0) is 16.4. The van der Waals surface area contributed by atoms with Gasteiger partial charge >= 0.3 is 0 Å². The molecule has 2 heterocycles. The lowest BCUT2D eigenvalue weighted by atomic mass is 10.0. The second kappa shape index (κ2) is 6.49. The van der Waals surface area contributed by atoms with Crippen LogP contribution in [0.2, 0.25) is 0 Å². The summed E-state index contributed by atoms with van der Waals surface area (Å²) in [6, 6.07) is 12.4. The van der Waals surface area contributed by atoms with E-state index in [4.69, 9.17) is 14.3 Å². The van der Waals surface area contributed by atoms with Crippen molar-refractivity contribution in [1.29, 1.82) is 0 Å². The Hall–Kier alpha value is -2.60. The molecule has 2 aromatic rings. The first-order chi connectivity index (χ1) is 11.8. The molecule has 0 radical (unpaired) electrons. The summed E-state index contributed by atoms with van der Waals surface area (Å²) in [5, 5.41) is 6.35. The number of ether oxygens (including phenoxy) is 2. The molecule has 2 aliphatic heterocycles. The second-order valence-electron chi connectivity index (χ2n) is 5.89. The molecule has 2 N–H and O–H groups in total. The molecule has 6 heteroatoms. The minimum atomic E-state index is -0.209. The highest BCUT2D eigenvalue weighted by molar-refractivity contribution is 6.01. The van der Waals surface area contributed by atoms with E-state index >= 15 is 0 Å². The van der Waals surface area contributed by atoms with E-state index in [1.54, 1.807) is 12.1 Å². The van der Waals surface area contributed by atoms with E-state index in [1.807, 2.05) is 18.2 Å². The number of quaternary nitrogens is 1. The molecular formula is C18H18FN2O3+. The van der Waals surface area contributed by atoms with Crippen molar-refractivity contribution in [3.05, 3.63) is 59.4 Å². The zero-order valence-electron chi connectivity index (χ0n) is 13.1. The molecule has 0 saturated carbocycles. The third-order valence-corrected chi connectivity index (χ3v) is 4.16. The Labute approximate surface area is 139 Å². The van der Waals surface area contributed by atoms with Gasteiger partial charge in [0, 0.05) is 17.5 Å². The van der Waals surface area contributed by atoms with E-state index in [0.717, 1.165) is 47.8 Å². The molecule has 1 atom stereocenters. The molecule has 0 bridgehead atoms. The second-order valence-corrected chi connectivity index (χ2v) is 5.89. The van der Waals surface area contributed by atoms with Crippen LogP contribution in [0.4, 0.5) is 4.39 Å². The number of hydrogen-bond acceptors (Lipinski definition) is 4. The van der Waals surface area contributed by atoms with Crippen molar-refractivity contribution < 1.29 is 24.0 Å². The number of halogens is 1. The molecule has 5 nitrogen and oxygen atoms in total. The summed E-state index contributed by atoms with van der Waals surface area (Å²) in [6.45, 7) is 1.86. The minimum Gasteiger partial charge on any atom is -0.454 e. The Bertz CT molecular complexity index is 761. The van der Waals surface area contributed by atoms with Gasteiger partial charge in [0.2, 0.25) is 6.79 Å². The molecule has 124 valence electrons. The van der Waals surface area contributed by atoms with Crippen LogP contribution in [0.3, 0.4) is 0 Å². The Morgan fingerprint density at radius 1 is 1.08 bits per heavy atom. The summed E-state index contributed by atoms with van der Waals surface area (Å²) in [6.07, 6.45) is 0.811. The maximum Gasteiger partial charge on any atom is 0.231 e. The van der Waals surface area contributed by atoms with Gasteiger partial charge in [-0.2, -0.15) is 0 Å². The highest BCUT2D eigenvalue weighted by atomic mass is 19.1. The lowest BCUT2D eigenvalue weighted by molar-refractivity contribution is -0.676. The van der Waals surface area contributed by atoms with E-state index in [-0.39, 0.29) is 18.7 Å². The van der Waals surface area contributed by atoms with Crippen LogP contribution < -0.4 is 14.8 Å². The van der Waals surface area contributed by atoms with Gasteiger partial charge in [0.1, 0.15) is 18.9 Å². The Kier molecular flexibility index (Phi) is 4.04. The zero-order valence-corrected chi connectivity index (χ0v) is 13.1. The molecule has 0 unspecified atom stereocenters. The normalized spacial score (nSPS) is 18.4. The topological polar surface area (TPSA) is 56.7 Å². The van der Waals surface area contributed by atoms with Crippen LogP contribution in [0.15, 0.2) is 47.6 Å². The molecule has 0 spiro atoms. The first-order valence-corrected chi connectivity index (χ1v) is 7.97. The average molecular weight is 329 g/mol. The fraction of sp³-hybridized carbons (Fsp3) is 0.278. The predicted molar refractivity (Wildman–Crippen MR) is 85.5 cm³/mol. The minimum absolute atomic E-state index is 0.0471. The van der Waals surface area contributed by atoms with Gasteiger partial charge in [-0.3, -0.25) is 0 Å². The van der Waals surface area contributed by atoms with Crippen molar-refractivity contribution in [2.24, 2.45) is 5.16 Å². The van der Waals surface area contributed by atoms with E-state index in [2.05, 4.69) is 10.5 Å². The standard InChI is InChI=1S/C18H17FN2O3/c19-14-4-1-12(2-5-14)9-20-10-15-8-16(21-24-15)13-3-6-17-18(7-13)23-11-22-17/h1-7,15,20H,8-11H2/p+1/t15-/m1/s1. The predicted octanol–water partition coefficient (Wildman–Crippen LogP) is 1.81. The summed E-state index contributed by atoms with van der Waals surface area (Å²) in [4.78, 5) is 5.52. The number of benzene rings is 2. The molecule has 0 amide bonds. The first-order valence-electron chi connectivity index (χ1n) is 7.97. The lowest BCUT2D eigenvalue weighted by Crippen LogP contribution is -2.84. The molecule has 24 heavy (non-hydrogen) atoms. The summed E-state index contributed by atoms with van der Waals surface area (Å²) < 4.78 is 23.6. The Balaban J connectivity index is 1.29. The van der Waals surface area contributed by atoms with Gasteiger partial charge in [-0.1, -0.05) is 17.3 Å². The summed E-state index contributed by atoms with van der Waals surface area (Å²) in [5.74, 6) is 1.31. The van der Waals surface area contributed by atoms with E-state index in [9.17, 15) is 4.39 Å². The number of fused-ring (bicyclic) bond motifs is 1. The molecular weight excluding hydrogens is 311 g/mol. The molecule has 2 aromatic carbocycles. The van der Waals surface area contributed by atoms with Gasteiger partial charge < -0.3 is 19.6 Å². The number of nitrogens with two attached hydrogens (primary N) is 1. The highest BCUT2D eigenvalue weighted by Crippen LogP contribution is 2.33. The smallest absolute Gasteiger partial charge is 0.231 e. The van der Waals surface area contributed by atoms with Crippen LogP contribution in [0, 0.1) is 5.82 Å². The van der Waals surface area contributed by atoms with Crippen LogP contribution in [0.25, 0.3) is 0 Å². The van der Waals surface area contributed by atoms with Gasteiger partial charge in [-0.15, -0.1) is 0 Å². The van der Waals surface area contributed by atoms with E-state index in [1.165, 1.54) is 12.1 Å². The van der Waals surface area contributed by atoms with Crippen molar-refractivity contribution >= 4 is 5.71 Å². The van der Waals surface area contributed by atoms with Crippen molar-refractivity contribution in [2.75, 3.05) is 13.3 Å². The van der Waals surface area contributed by atoms with Crippen LogP contribution in [0.5, 0.6) is 11.5 Å². The van der Waals surface area contributed by atoms with Crippen LogP contribution in [-0.4, -0.2) is 25.2 Å². The van der Waals surface area contributed by atoms with Crippen LogP contribution in [0.1, 0.15) is 17.5 Å². The lowest BCUT2D eigenvalue weighted by Gasteiger charge is -2.07. The quantitative estimate of drug-likeness (QED) is 0.910. The maximum atomic E-state index is 12.9. The van der Waals surface area contributed by atoms with Gasteiger partial charge in [0.05, 0.1) is 5.71 Å². The molecule has 0 fully saturated rings. The largest absolute Gasteiger partial charge is 0.454 e. The Morgan fingerprint density at radius 3 is 2.79 bits per heavy atom. The summed E-state index contributed by atoms with van der Waals surface area (Å²) >= 11 is 0. The van der Waals surface area contributed by atoms with Gasteiger partial charge in [-0.25, -0.2) is 4.39 Å². The monoisotopic (exact) mass is 329 g/mol. The van der Waals surface area contributed by atoms with Crippen molar-refractivity contribution in [3.63, 3.8) is 0 Å². The third-order valence-electron chi connectivity index (χ3n) is 4.16. The van der Waals surface area contributed by atoms with Crippen molar-refractivity contribution in [3.8, 4) is 11.5 Å². The van der Waals surface area contributed by atoms with Gasteiger partial charge in [0.15, 0.2) is 17.6 Å². The highest BCUT2D eigenvalue weighted by Gasteiger charge is 2.25. The fourth-order valence-electron chi connectivity index (χ4n) is 2.86. The average Bonchev–Trinajstić information content (AvgIpc) is 3.25. The summed E-state index contributed by atoms with van der Waals surface area (Å²) in [7, 11) is 0. The first kappa shape index (κ1) is 15.0. The van der Waals surface area contributed by atoms with Gasteiger partial charge in [-0.05, 0) is 30.3 Å². The molecule has 4 rings (SSSR count). The van der Waals surface area contributed by atoms with Crippen LogP contribution >= 0.6 is 0 Å². The van der Waals surface area contributed by atoms with E-state index < -0.39 is 0 Å². The number of nitrogens with zero attached hydrogens (tertiary/aromatic N) is 1. The molecule has 2 aliphatic rings. The van der Waals surface area contributed by atoms with Crippen molar-refractivity contribution in [2.45, 2.75) is 19.1 Å². The third kappa shape index (κ3) is 3.19. The molecule has 0 aromatic heterocycles. The molecule has 0 aliphatic carbocycles. The fourth-order valence-corrected chi connectivity index (χ4v) is 2.86. The van der Waals surface area contributed by atoms with Crippen LogP contribution in [-0.2, 0) is 11.4 Å². The number of hydrogen-bond donors (Lipinski definition) is 1. The van der Waals surface area contributed by atoms with Gasteiger partial charge in [0.25, 0.3) is 0 Å².